The normalized spacial score (nSPS) is 14.7. The zero-order valence-corrected chi connectivity index (χ0v) is 15.2. The number of anilines is 2. The zero-order chi connectivity index (χ0) is 19.2. The van der Waals surface area contributed by atoms with E-state index in [4.69, 9.17) is 0 Å². The lowest BCUT2D eigenvalue weighted by atomic mass is 10.2. The summed E-state index contributed by atoms with van der Waals surface area (Å²) in [6.07, 6.45) is 0. The third kappa shape index (κ3) is 5.04. The Morgan fingerprint density at radius 2 is 1.63 bits per heavy atom. The van der Waals surface area contributed by atoms with Gasteiger partial charge in [0.15, 0.2) is 0 Å². The van der Waals surface area contributed by atoms with Crippen LogP contribution in [0.25, 0.3) is 0 Å². The first kappa shape index (κ1) is 18.8. The van der Waals surface area contributed by atoms with Gasteiger partial charge in [-0.2, -0.15) is 0 Å². The molecule has 1 aliphatic rings. The highest BCUT2D eigenvalue weighted by molar-refractivity contribution is 5.94. The van der Waals surface area contributed by atoms with Crippen LogP contribution in [0, 0.1) is 5.82 Å². The van der Waals surface area contributed by atoms with Crippen LogP contribution in [0.15, 0.2) is 48.5 Å². The molecule has 3 rings (SSSR count). The summed E-state index contributed by atoms with van der Waals surface area (Å²) >= 11 is 0. The summed E-state index contributed by atoms with van der Waals surface area (Å²) in [4.78, 5) is 27.9. The molecule has 6 nitrogen and oxygen atoms in total. The van der Waals surface area contributed by atoms with E-state index >= 15 is 0 Å². The van der Waals surface area contributed by atoms with Crippen molar-refractivity contribution in [1.29, 1.82) is 0 Å². The molecule has 1 saturated heterocycles. The van der Waals surface area contributed by atoms with E-state index in [0.717, 1.165) is 31.9 Å². The summed E-state index contributed by atoms with van der Waals surface area (Å²) < 4.78 is 17.7. The van der Waals surface area contributed by atoms with Gasteiger partial charge in [-0.05, 0) is 48.5 Å². The zero-order valence-electron chi connectivity index (χ0n) is 15.2. The minimum absolute atomic E-state index is 0.101. The van der Waals surface area contributed by atoms with Crippen molar-refractivity contribution >= 4 is 23.3 Å². The number of nitrogens with one attached hydrogen (secondary N) is 1. The Labute approximate surface area is 157 Å². The Morgan fingerprint density at radius 3 is 2.22 bits per heavy atom. The van der Waals surface area contributed by atoms with Gasteiger partial charge >= 0.3 is 5.97 Å². The molecule has 0 saturated carbocycles. The fourth-order valence-electron chi connectivity index (χ4n) is 3.03. The van der Waals surface area contributed by atoms with Crippen LogP contribution in [-0.4, -0.2) is 56.6 Å². The van der Waals surface area contributed by atoms with Gasteiger partial charge in [-0.3, -0.25) is 9.69 Å². The number of rotatable bonds is 5. The van der Waals surface area contributed by atoms with Crippen LogP contribution in [-0.2, 0) is 9.53 Å². The lowest BCUT2D eigenvalue weighted by molar-refractivity contribution is -0.117. The van der Waals surface area contributed by atoms with Crippen molar-refractivity contribution in [3.63, 3.8) is 0 Å². The number of esters is 1. The van der Waals surface area contributed by atoms with Gasteiger partial charge in [0.1, 0.15) is 5.82 Å². The van der Waals surface area contributed by atoms with Crippen LogP contribution >= 0.6 is 0 Å². The van der Waals surface area contributed by atoms with Gasteiger partial charge < -0.3 is 15.0 Å². The van der Waals surface area contributed by atoms with E-state index in [0.29, 0.717) is 17.8 Å². The highest BCUT2D eigenvalue weighted by Gasteiger charge is 2.19. The minimum Gasteiger partial charge on any atom is -0.465 e. The molecule has 0 aromatic heterocycles. The topological polar surface area (TPSA) is 61.9 Å². The molecule has 0 aliphatic carbocycles. The van der Waals surface area contributed by atoms with Crippen LogP contribution in [0.4, 0.5) is 15.8 Å². The van der Waals surface area contributed by atoms with Crippen molar-refractivity contribution in [1.82, 2.24) is 4.90 Å². The number of hydrogen-bond acceptors (Lipinski definition) is 5. The molecule has 27 heavy (non-hydrogen) atoms. The summed E-state index contributed by atoms with van der Waals surface area (Å²) in [7, 11) is 1.33. The van der Waals surface area contributed by atoms with Crippen LogP contribution < -0.4 is 10.2 Å². The average molecular weight is 371 g/mol. The molecular weight excluding hydrogens is 349 g/mol. The van der Waals surface area contributed by atoms with Gasteiger partial charge in [0, 0.05) is 37.6 Å². The SMILES string of the molecule is COC(=O)c1ccc(NC(=O)CN2CCN(c3ccc(F)cc3)CC2)cc1. The number of hydrogen-bond donors (Lipinski definition) is 1. The molecule has 0 atom stereocenters. The molecule has 2 aromatic rings. The number of amides is 1. The molecule has 0 radical (unpaired) electrons. The summed E-state index contributed by atoms with van der Waals surface area (Å²) in [5, 5.41) is 2.83. The third-order valence-electron chi connectivity index (χ3n) is 4.52. The largest absolute Gasteiger partial charge is 0.465 e. The maximum Gasteiger partial charge on any atom is 0.337 e. The first-order chi connectivity index (χ1) is 13.0. The first-order valence-electron chi connectivity index (χ1n) is 8.76. The van der Waals surface area contributed by atoms with Crippen molar-refractivity contribution < 1.29 is 18.7 Å². The highest BCUT2D eigenvalue weighted by Crippen LogP contribution is 2.17. The molecule has 1 heterocycles. The van der Waals surface area contributed by atoms with Gasteiger partial charge in [-0.1, -0.05) is 0 Å². The first-order valence-corrected chi connectivity index (χ1v) is 8.76. The van der Waals surface area contributed by atoms with Crippen LogP contribution in [0.5, 0.6) is 0 Å². The van der Waals surface area contributed by atoms with E-state index in [1.807, 2.05) is 0 Å². The molecule has 7 heteroatoms. The van der Waals surface area contributed by atoms with E-state index in [2.05, 4.69) is 19.9 Å². The Bertz CT molecular complexity index is 785. The minimum atomic E-state index is -0.410. The number of carbonyl (C=O) groups excluding carboxylic acids is 2. The van der Waals surface area contributed by atoms with Gasteiger partial charge in [0.2, 0.25) is 5.91 Å². The summed E-state index contributed by atoms with van der Waals surface area (Å²) in [6, 6.07) is 13.0. The molecule has 1 fully saturated rings. The molecule has 142 valence electrons. The standard InChI is InChI=1S/C20H22FN3O3/c1-27-20(26)15-2-6-17(7-3-15)22-19(25)14-23-10-12-24(13-11-23)18-8-4-16(21)5-9-18/h2-9H,10-14H2,1H3,(H,22,25). The summed E-state index contributed by atoms with van der Waals surface area (Å²) in [5.41, 5.74) is 2.07. The Kier molecular flexibility index (Phi) is 6.03. The monoisotopic (exact) mass is 371 g/mol. The summed E-state index contributed by atoms with van der Waals surface area (Å²) in [5.74, 6) is -0.753. The number of halogens is 1. The number of carbonyl (C=O) groups is 2. The fourth-order valence-corrected chi connectivity index (χ4v) is 3.03. The van der Waals surface area contributed by atoms with E-state index in [1.165, 1.54) is 19.2 Å². The molecule has 0 spiro atoms. The summed E-state index contributed by atoms with van der Waals surface area (Å²) in [6.45, 7) is 3.38. The van der Waals surface area contributed by atoms with E-state index in [1.54, 1.807) is 36.4 Å². The second-order valence-corrected chi connectivity index (χ2v) is 6.36. The smallest absolute Gasteiger partial charge is 0.337 e. The number of benzene rings is 2. The Balaban J connectivity index is 1.46. The van der Waals surface area contributed by atoms with Crippen LogP contribution in [0.1, 0.15) is 10.4 Å². The maximum atomic E-state index is 13.0. The van der Waals surface area contributed by atoms with E-state index < -0.39 is 5.97 Å². The number of nitrogens with zero attached hydrogens (tertiary/aromatic N) is 2. The number of ether oxygens (including phenoxy) is 1. The lowest BCUT2D eigenvalue weighted by Gasteiger charge is -2.35. The Morgan fingerprint density at radius 1 is 1.00 bits per heavy atom. The molecule has 2 aromatic carbocycles. The second kappa shape index (κ2) is 8.64. The number of piperazine rings is 1. The molecule has 0 unspecified atom stereocenters. The van der Waals surface area contributed by atoms with E-state index in [9.17, 15) is 14.0 Å². The molecule has 1 amide bonds. The third-order valence-corrected chi connectivity index (χ3v) is 4.52. The predicted molar refractivity (Wildman–Crippen MR) is 101 cm³/mol. The molecule has 1 aliphatic heterocycles. The van der Waals surface area contributed by atoms with Gasteiger partial charge in [0.05, 0.1) is 19.2 Å². The van der Waals surface area contributed by atoms with E-state index in [-0.39, 0.29) is 11.7 Å². The van der Waals surface area contributed by atoms with Crippen LogP contribution in [0.3, 0.4) is 0 Å². The van der Waals surface area contributed by atoms with Crippen molar-refractivity contribution in [3.05, 3.63) is 59.9 Å². The maximum absolute atomic E-state index is 13.0. The van der Waals surface area contributed by atoms with Crippen molar-refractivity contribution in [2.45, 2.75) is 0 Å². The predicted octanol–water partition coefficient (Wildman–Crippen LogP) is 2.37. The fraction of sp³-hybridized carbons (Fsp3) is 0.300. The lowest BCUT2D eigenvalue weighted by Crippen LogP contribution is -2.48. The quantitative estimate of drug-likeness (QED) is 0.818. The van der Waals surface area contributed by atoms with Crippen LogP contribution in [0.2, 0.25) is 0 Å². The number of methoxy groups -OCH3 is 1. The van der Waals surface area contributed by atoms with Gasteiger partial charge in [-0.15, -0.1) is 0 Å². The molecule has 0 bridgehead atoms. The van der Waals surface area contributed by atoms with Crippen molar-refractivity contribution in [3.8, 4) is 0 Å². The van der Waals surface area contributed by atoms with Crippen molar-refractivity contribution in [2.24, 2.45) is 0 Å². The highest BCUT2D eigenvalue weighted by atomic mass is 19.1. The van der Waals surface area contributed by atoms with Gasteiger partial charge in [0.25, 0.3) is 0 Å². The average Bonchev–Trinajstić information content (AvgIpc) is 2.69. The molecule has 1 N–H and O–H groups in total. The Hall–Kier alpha value is -2.93. The van der Waals surface area contributed by atoms with Gasteiger partial charge in [-0.25, -0.2) is 9.18 Å². The molecular formula is C20H22FN3O3. The second-order valence-electron chi connectivity index (χ2n) is 6.36. The van der Waals surface area contributed by atoms with Crippen molar-refractivity contribution in [2.75, 3.05) is 50.1 Å².